The van der Waals surface area contributed by atoms with Crippen LogP contribution in [0.1, 0.15) is 26.3 Å². The zero-order valence-corrected chi connectivity index (χ0v) is 10.8. The molecule has 1 nitrogen and oxygen atoms in total. The van der Waals surface area contributed by atoms with Gasteiger partial charge in [0.05, 0.1) is 6.10 Å². The summed E-state index contributed by atoms with van der Waals surface area (Å²) < 4.78 is 19.4. The van der Waals surface area contributed by atoms with Crippen molar-refractivity contribution in [3.63, 3.8) is 0 Å². The molecule has 1 unspecified atom stereocenters. The van der Waals surface area contributed by atoms with Crippen molar-refractivity contribution in [2.24, 2.45) is 0 Å². The normalized spacial score (nSPS) is 15.3. The second-order valence-corrected chi connectivity index (χ2v) is 4.57. The lowest BCUT2D eigenvalue weighted by Gasteiger charge is -2.30. The highest BCUT2D eigenvalue weighted by molar-refractivity contribution is 9.09. The molecule has 0 aliphatic rings. The van der Waals surface area contributed by atoms with Crippen molar-refractivity contribution in [2.45, 2.75) is 32.5 Å². The van der Waals surface area contributed by atoms with Crippen LogP contribution in [0.5, 0.6) is 0 Å². The lowest BCUT2D eigenvalue weighted by molar-refractivity contribution is -0.0576. The molecule has 1 rings (SSSR count). The Kier molecular flexibility index (Phi) is 4.29. The minimum atomic E-state index is -0.612. The fourth-order valence-electron chi connectivity index (χ4n) is 1.58. The highest BCUT2D eigenvalue weighted by Crippen LogP contribution is 2.30. The van der Waals surface area contributed by atoms with Gasteiger partial charge in [0.2, 0.25) is 0 Å². The average molecular weight is 275 g/mol. The highest BCUT2D eigenvalue weighted by atomic mass is 79.9. The molecule has 0 spiro atoms. The summed E-state index contributed by atoms with van der Waals surface area (Å²) in [7, 11) is 0. The maximum atomic E-state index is 13.6. The Labute approximate surface area is 98.8 Å². The molecule has 3 heteroatoms. The maximum absolute atomic E-state index is 13.6. The van der Waals surface area contributed by atoms with Gasteiger partial charge in [-0.15, -0.1) is 0 Å². The van der Waals surface area contributed by atoms with Gasteiger partial charge in [0, 0.05) is 10.9 Å². The van der Waals surface area contributed by atoms with Gasteiger partial charge >= 0.3 is 0 Å². The van der Waals surface area contributed by atoms with Crippen molar-refractivity contribution in [3.8, 4) is 0 Å². The molecule has 0 fully saturated rings. The summed E-state index contributed by atoms with van der Waals surface area (Å²) in [5.41, 5.74) is -0.0185. The topological polar surface area (TPSA) is 9.23 Å². The summed E-state index contributed by atoms with van der Waals surface area (Å²) in [5.74, 6) is -0.222. The molecule has 0 N–H and O–H groups in total. The van der Waals surface area contributed by atoms with E-state index in [1.807, 2.05) is 26.8 Å². The lowest BCUT2D eigenvalue weighted by atomic mass is 9.97. The van der Waals surface area contributed by atoms with Gasteiger partial charge in [0.1, 0.15) is 11.4 Å². The van der Waals surface area contributed by atoms with E-state index in [1.54, 1.807) is 12.1 Å². The van der Waals surface area contributed by atoms with Crippen LogP contribution in [-0.2, 0) is 10.3 Å². The van der Waals surface area contributed by atoms with E-state index in [9.17, 15) is 4.39 Å². The highest BCUT2D eigenvalue weighted by Gasteiger charge is 2.30. The molecule has 0 saturated heterocycles. The molecule has 0 heterocycles. The van der Waals surface area contributed by atoms with Crippen LogP contribution in [0.15, 0.2) is 24.3 Å². The zero-order valence-electron chi connectivity index (χ0n) is 9.26. The monoisotopic (exact) mass is 274 g/mol. The second-order valence-electron chi connectivity index (χ2n) is 4.01. The Morgan fingerprint density at radius 2 is 2.00 bits per heavy atom. The van der Waals surface area contributed by atoms with Crippen molar-refractivity contribution in [2.75, 3.05) is 5.33 Å². The summed E-state index contributed by atoms with van der Waals surface area (Å²) in [5, 5.41) is 0.569. The van der Waals surface area contributed by atoms with E-state index in [1.165, 1.54) is 6.07 Å². The van der Waals surface area contributed by atoms with Crippen molar-refractivity contribution >= 4 is 15.9 Å². The lowest BCUT2D eigenvalue weighted by Crippen LogP contribution is -2.31. The third kappa shape index (κ3) is 3.02. The van der Waals surface area contributed by atoms with Crippen molar-refractivity contribution in [1.82, 2.24) is 0 Å². The van der Waals surface area contributed by atoms with Gasteiger partial charge in [-0.05, 0) is 26.8 Å². The van der Waals surface area contributed by atoms with Crippen LogP contribution in [0.3, 0.4) is 0 Å². The van der Waals surface area contributed by atoms with Gasteiger partial charge in [0.15, 0.2) is 0 Å². The predicted octanol–water partition coefficient (Wildman–Crippen LogP) is 3.86. The third-order valence-corrected chi connectivity index (χ3v) is 3.26. The van der Waals surface area contributed by atoms with E-state index in [4.69, 9.17) is 4.74 Å². The molecule has 0 aliphatic carbocycles. The first kappa shape index (κ1) is 12.7. The Hall–Kier alpha value is -0.410. The van der Waals surface area contributed by atoms with Crippen molar-refractivity contribution in [3.05, 3.63) is 35.6 Å². The van der Waals surface area contributed by atoms with E-state index < -0.39 is 5.60 Å². The number of hydrogen-bond donors (Lipinski definition) is 0. The van der Waals surface area contributed by atoms with Crippen molar-refractivity contribution in [1.29, 1.82) is 0 Å². The minimum Gasteiger partial charge on any atom is -0.367 e. The van der Waals surface area contributed by atoms with Gasteiger partial charge in [-0.2, -0.15) is 0 Å². The fraction of sp³-hybridized carbons (Fsp3) is 0.500. The first-order valence-electron chi connectivity index (χ1n) is 4.98. The molecule has 1 aromatic carbocycles. The summed E-state index contributed by atoms with van der Waals surface area (Å²) in [6.07, 6.45) is 0.0622. The van der Waals surface area contributed by atoms with E-state index in [2.05, 4.69) is 15.9 Å². The minimum absolute atomic E-state index is 0.0622. The molecule has 84 valence electrons. The summed E-state index contributed by atoms with van der Waals surface area (Å²) in [6.45, 7) is 5.78. The predicted molar refractivity (Wildman–Crippen MR) is 63.8 cm³/mol. The van der Waals surface area contributed by atoms with Gasteiger partial charge in [-0.25, -0.2) is 4.39 Å². The maximum Gasteiger partial charge on any atom is 0.129 e. The van der Waals surface area contributed by atoms with Crippen LogP contribution in [0.25, 0.3) is 0 Å². The standard InChI is InChI=1S/C12H16BrFO/c1-9(2)15-12(3,8-13)10-6-4-5-7-11(10)14/h4-7,9H,8H2,1-3H3. The first-order valence-corrected chi connectivity index (χ1v) is 6.10. The second kappa shape index (κ2) is 5.08. The molecule has 0 saturated carbocycles. The summed E-state index contributed by atoms with van der Waals surface area (Å²) in [6, 6.07) is 6.73. The fourth-order valence-corrected chi connectivity index (χ4v) is 2.01. The largest absolute Gasteiger partial charge is 0.367 e. The van der Waals surface area contributed by atoms with Crippen LogP contribution in [0.2, 0.25) is 0 Å². The molecule has 15 heavy (non-hydrogen) atoms. The summed E-state index contributed by atoms with van der Waals surface area (Å²) in [4.78, 5) is 0. The molecule has 0 amide bonds. The molecule has 1 aromatic rings. The molecule has 1 atom stereocenters. The Balaban J connectivity index is 3.05. The summed E-state index contributed by atoms with van der Waals surface area (Å²) >= 11 is 3.38. The number of ether oxygens (including phenoxy) is 1. The smallest absolute Gasteiger partial charge is 0.129 e. The van der Waals surface area contributed by atoms with Gasteiger partial charge in [0.25, 0.3) is 0 Å². The van der Waals surface area contributed by atoms with E-state index in [0.29, 0.717) is 10.9 Å². The first-order chi connectivity index (χ1) is 6.99. The Morgan fingerprint density at radius 3 is 2.47 bits per heavy atom. The average Bonchev–Trinajstić information content (AvgIpc) is 2.17. The van der Waals surface area contributed by atoms with E-state index in [0.717, 1.165) is 0 Å². The molecule has 0 radical (unpaired) electrons. The zero-order chi connectivity index (χ0) is 11.5. The van der Waals surface area contributed by atoms with Crippen LogP contribution in [0, 0.1) is 5.82 Å². The number of alkyl halides is 1. The molecule has 0 aliphatic heterocycles. The SMILES string of the molecule is CC(C)OC(C)(CBr)c1ccccc1F. The number of hydrogen-bond acceptors (Lipinski definition) is 1. The van der Waals surface area contributed by atoms with Crippen LogP contribution in [0.4, 0.5) is 4.39 Å². The van der Waals surface area contributed by atoms with E-state index in [-0.39, 0.29) is 11.9 Å². The van der Waals surface area contributed by atoms with Gasteiger partial charge in [-0.3, -0.25) is 0 Å². The third-order valence-electron chi connectivity index (χ3n) is 2.19. The van der Waals surface area contributed by atoms with Crippen molar-refractivity contribution < 1.29 is 9.13 Å². The Bertz CT molecular complexity index is 327. The van der Waals surface area contributed by atoms with E-state index >= 15 is 0 Å². The molecule has 0 aromatic heterocycles. The van der Waals surface area contributed by atoms with Crippen LogP contribution in [-0.4, -0.2) is 11.4 Å². The molecular formula is C12H16BrFO. The number of halogens is 2. The van der Waals surface area contributed by atoms with Crippen LogP contribution >= 0.6 is 15.9 Å². The molecular weight excluding hydrogens is 259 g/mol. The van der Waals surface area contributed by atoms with Crippen LogP contribution < -0.4 is 0 Å². The number of benzene rings is 1. The Morgan fingerprint density at radius 1 is 1.40 bits per heavy atom. The quantitative estimate of drug-likeness (QED) is 0.758. The number of rotatable bonds is 4. The van der Waals surface area contributed by atoms with Gasteiger partial charge in [-0.1, -0.05) is 34.1 Å². The molecule has 0 bridgehead atoms. The van der Waals surface area contributed by atoms with Gasteiger partial charge < -0.3 is 4.74 Å².